The van der Waals surface area contributed by atoms with Gasteiger partial charge in [0.15, 0.2) is 0 Å². The van der Waals surface area contributed by atoms with Crippen molar-refractivity contribution in [1.82, 2.24) is 5.32 Å². The van der Waals surface area contributed by atoms with Crippen LogP contribution in [-0.4, -0.2) is 36.9 Å². The first-order chi connectivity index (χ1) is 8.71. The summed E-state index contributed by atoms with van der Waals surface area (Å²) >= 11 is 1.88. The van der Waals surface area contributed by atoms with Gasteiger partial charge in [-0.15, -0.1) is 0 Å². The van der Waals surface area contributed by atoms with E-state index in [1.165, 1.54) is 5.56 Å². The average molecular weight is 269 g/mol. The van der Waals surface area contributed by atoms with E-state index in [9.17, 15) is 0 Å². The SMILES string of the molecule is CNC(CSC(C)CCO)c1ccc(OC)cc1. The lowest BCUT2D eigenvalue weighted by Gasteiger charge is -2.19. The van der Waals surface area contributed by atoms with Crippen molar-refractivity contribution in [3.8, 4) is 5.75 Å². The van der Waals surface area contributed by atoms with E-state index in [4.69, 9.17) is 9.84 Å². The highest BCUT2D eigenvalue weighted by atomic mass is 32.2. The molecule has 18 heavy (non-hydrogen) atoms. The maximum Gasteiger partial charge on any atom is 0.118 e. The minimum Gasteiger partial charge on any atom is -0.497 e. The number of methoxy groups -OCH3 is 1. The molecule has 2 N–H and O–H groups in total. The van der Waals surface area contributed by atoms with Gasteiger partial charge in [0.05, 0.1) is 7.11 Å². The molecule has 1 aromatic rings. The lowest BCUT2D eigenvalue weighted by atomic mass is 10.1. The van der Waals surface area contributed by atoms with Gasteiger partial charge in [0, 0.05) is 23.7 Å². The highest BCUT2D eigenvalue weighted by Crippen LogP contribution is 2.24. The van der Waals surface area contributed by atoms with Crippen LogP contribution in [0.15, 0.2) is 24.3 Å². The highest BCUT2D eigenvalue weighted by molar-refractivity contribution is 7.99. The molecule has 0 aliphatic carbocycles. The molecule has 0 aromatic heterocycles. The number of nitrogens with one attached hydrogen (secondary N) is 1. The first-order valence-electron chi connectivity index (χ1n) is 6.25. The molecule has 0 heterocycles. The van der Waals surface area contributed by atoms with Gasteiger partial charge in [0.1, 0.15) is 5.75 Å². The number of hydrogen-bond donors (Lipinski definition) is 2. The lowest BCUT2D eigenvalue weighted by molar-refractivity contribution is 0.289. The number of hydrogen-bond acceptors (Lipinski definition) is 4. The standard InChI is InChI=1S/C14H23NO2S/c1-11(8-9-16)18-10-14(15-2)12-4-6-13(17-3)7-5-12/h4-7,11,14-16H,8-10H2,1-3H3. The molecule has 1 aromatic carbocycles. The number of thioether (sulfide) groups is 1. The van der Waals surface area contributed by atoms with Crippen LogP contribution in [0.25, 0.3) is 0 Å². The van der Waals surface area contributed by atoms with Crippen molar-refractivity contribution < 1.29 is 9.84 Å². The molecule has 0 radical (unpaired) electrons. The Hall–Kier alpha value is -0.710. The van der Waals surface area contributed by atoms with E-state index in [0.717, 1.165) is 17.9 Å². The third-order valence-electron chi connectivity index (χ3n) is 2.95. The van der Waals surface area contributed by atoms with Gasteiger partial charge in [-0.25, -0.2) is 0 Å². The second-order valence-corrected chi connectivity index (χ2v) is 5.74. The molecule has 0 fully saturated rings. The molecule has 0 aliphatic heterocycles. The smallest absolute Gasteiger partial charge is 0.118 e. The van der Waals surface area contributed by atoms with Crippen molar-refractivity contribution in [2.24, 2.45) is 0 Å². The van der Waals surface area contributed by atoms with E-state index in [1.54, 1.807) is 7.11 Å². The second kappa shape index (κ2) is 8.40. The van der Waals surface area contributed by atoms with Crippen LogP contribution >= 0.6 is 11.8 Å². The van der Waals surface area contributed by atoms with Crippen molar-refractivity contribution in [1.29, 1.82) is 0 Å². The van der Waals surface area contributed by atoms with Crippen LogP contribution in [0.3, 0.4) is 0 Å². The predicted molar refractivity (Wildman–Crippen MR) is 78.4 cm³/mol. The minimum atomic E-state index is 0.265. The number of benzene rings is 1. The highest BCUT2D eigenvalue weighted by Gasteiger charge is 2.11. The summed E-state index contributed by atoms with van der Waals surface area (Å²) in [5.74, 6) is 1.89. The fourth-order valence-electron chi connectivity index (χ4n) is 1.71. The Morgan fingerprint density at radius 2 is 2.00 bits per heavy atom. The number of ether oxygens (including phenoxy) is 1. The van der Waals surface area contributed by atoms with Crippen molar-refractivity contribution in [3.63, 3.8) is 0 Å². The van der Waals surface area contributed by atoms with E-state index in [2.05, 4.69) is 24.4 Å². The molecule has 3 nitrogen and oxygen atoms in total. The third-order valence-corrected chi connectivity index (χ3v) is 4.28. The maximum absolute atomic E-state index is 8.89. The quantitative estimate of drug-likeness (QED) is 0.761. The number of rotatable bonds is 8. The third kappa shape index (κ3) is 4.88. The maximum atomic E-state index is 8.89. The summed E-state index contributed by atoms with van der Waals surface area (Å²) in [7, 11) is 3.66. The van der Waals surface area contributed by atoms with Gasteiger partial charge in [-0.1, -0.05) is 19.1 Å². The molecule has 0 aliphatic rings. The van der Waals surface area contributed by atoms with Crippen LogP contribution in [0.4, 0.5) is 0 Å². The summed E-state index contributed by atoms with van der Waals surface area (Å²) in [5, 5.41) is 12.7. The van der Waals surface area contributed by atoms with Gasteiger partial charge in [-0.3, -0.25) is 0 Å². The largest absolute Gasteiger partial charge is 0.497 e. The fourth-order valence-corrected chi connectivity index (χ4v) is 2.86. The number of aliphatic hydroxyl groups is 1. The van der Waals surface area contributed by atoms with Crippen LogP contribution in [0.2, 0.25) is 0 Å². The van der Waals surface area contributed by atoms with Crippen molar-refractivity contribution >= 4 is 11.8 Å². The Morgan fingerprint density at radius 1 is 1.33 bits per heavy atom. The van der Waals surface area contributed by atoms with Gasteiger partial charge in [-0.2, -0.15) is 11.8 Å². The Morgan fingerprint density at radius 3 is 2.50 bits per heavy atom. The molecule has 4 heteroatoms. The molecule has 1 rings (SSSR count). The van der Waals surface area contributed by atoms with Gasteiger partial charge in [-0.05, 0) is 31.2 Å². The minimum absolute atomic E-state index is 0.265. The topological polar surface area (TPSA) is 41.5 Å². The second-order valence-electron chi connectivity index (χ2n) is 4.27. The normalized spacial score (nSPS) is 14.2. The molecule has 102 valence electrons. The van der Waals surface area contributed by atoms with Crippen LogP contribution < -0.4 is 10.1 Å². The summed E-state index contributed by atoms with van der Waals surface area (Å²) in [5.41, 5.74) is 1.27. The Bertz CT molecular complexity index is 329. The number of aliphatic hydroxyl groups excluding tert-OH is 1. The zero-order chi connectivity index (χ0) is 13.4. The molecule has 0 saturated heterocycles. The Kier molecular flexibility index (Phi) is 7.16. The molecule has 2 atom stereocenters. The van der Waals surface area contributed by atoms with Crippen molar-refractivity contribution in [2.75, 3.05) is 26.5 Å². The van der Waals surface area contributed by atoms with E-state index in [0.29, 0.717) is 11.3 Å². The first-order valence-corrected chi connectivity index (χ1v) is 7.29. The summed E-state index contributed by atoms with van der Waals surface area (Å²) in [6.45, 7) is 2.42. The average Bonchev–Trinajstić information content (AvgIpc) is 2.40. The fraction of sp³-hybridized carbons (Fsp3) is 0.571. The molecule has 2 unspecified atom stereocenters. The zero-order valence-electron chi connectivity index (χ0n) is 11.3. The van der Waals surface area contributed by atoms with Crippen molar-refractivity contribution in [2.45, 2.75) is 24.6 Å². The Labute approximate surface area is 114 Å². The first kappa shape index (κ1) is 15.3. The molecule has 0 bridgehead atoms. The van der Waals surface area contributed by atoms with Gasteiger partial charge in [0.25, 0.3) is 0 Å². The van der Waals surface area contributed by atoms with Crippen LogP contribution in [0.5, 0.6) is 5.75 Å². The zero-order valence-corrected chi connectivity index (χ0v) is 12.2. The van der Waals surface area contributed by atoms with E-state index in [-0.39, 0.29) is 6.61 Å². The monoisotopic (exact) mass is 269 g/mol. The molecule has 0 spiro atoms. The lowest BCUT2D eigenvalue weighted by Crippen LogP contribution is -2.20. The summed E-state index contributed by atoms with van der Waals surface area (Å²) in [6.07, 6.45) is 0.851. The van der Waals surface area contributed by atoms with E-state index < -0.39 is 0 Å². The summed E-state index contributed by atoms with van der Waals surface area (Å²) in [6, 6.07) is 8.50. The summed E-state index contributed by atoms with van der Waals surface area (Å²) in [4.78, 5) is 0. The van der Waals surface area contributed by atoms with Gasteiger partial charge >= 0.3 is 0 Å². The Balaban J connectivity index is 2.53. The van der Waals surface area contributed by atoms with Crippen LogP contribution in [0, 0.1) is 0 Å². The summed E-state index contributed by atoms with van der Waals surface area (Å²) < 4.78 is 5.16. The molecule has 0 amide bonds. The van der Waals surface area contributed by atoms with Crippen molar-refractivity contribution in [3.05, 3.63) is 29.8 Å². The van der Waals surface area contributed by atoms with Crippen LogP contribution in [0.1, 0.15) is 24.9 Å². The van der Waals surface area contributed by atoms with Gasteiger partial charge in [0.2, 0.25) is 0 Å². The van der Waals surface area contributed by atoms with Crippen LogP contribution in [-0.2, 0) is 0 Å². The van der Waals surface area contributed by atoms with Gasteiger partial charge < -0.3 is 15.2 Å². The van der Waals surface area contributed by atoms with E-state index in [1.807, 2.05) is 30.9 Å². The molecule has 0 saturated carbocycles. The molecular formula is C14H23NO2S. The van der Waals surface area contributed by atoms with E-state index >= 15 is 0 Å². The predicted octanol–water partition coefficient (Wildman–Crippen LogP) is 2.46. The molecular weight excluding hydrogens is 246 g/mol.